The van der Waals surface area contributed by atoms with Crippen LogP contribution in [0, 0.1) is 0 Å². The maximum atomic E-state index is 6.29. The highest BCUT2D eigenvalue weighted by Gasteiger charge is 2.19. The topological polar surface area (TPSA) is 16.4 Å². The zero-order valence-corrected chi connectivity index (χ0v) is 32.9. The molecule has 11 rings (SSSR count). The summed E-state index contributed by atoms with van der Waals surface area (Å²) in [5.41, 5.74) is 14.7. The predicted molar refractivity (Wildman–Crippen MR) is 253 cm³/mol. The Morgan fingerprint density at radius 1 is 0.283 bits per heavy atom. The molecule has 0 N–H and O–H groups in total. The Balaban J connectivity index is 1.01. The van der Waals surface area contributed by atoms with Crippen LogP contribution in [0.4, 0.5) is 17.1 Å². The van der Waals surface area contributed by atoms with Gasteiger partial charge in [-0.15, -0.1) is 0 Å². The van der Waals surface area contributed by atoms with E-state index < -0.39 is 0 Å². The molecule has 0 fully saturated rings. The molecule has 0 bridgehead atoms. The average Bonchev–Trinajstić information content (AvgIpc) is 3.77. The molecule has 0 saturated carbocycles. The third-order valence-electron chi connectivity index (χ3n) is 11.7. The number of furan rings is 1. The second kappa shape index (κ2) is 15.1. The van der Waals surface area contributed by atoms with Crippen molar-refractivity contribution in [3.63, 3.8) is 0 Å². The lowest BCUT2D eigenvalue weighted by atomic mass is 9.94. The maximum Gasteiger partial charge on any atom is 0.135 e. The normalized spacial score (nSPS) is 11.3. The highest BCUT2D eigenvalue weighted by atomic mass is 16.3. The summed E-state index contributed by atoms with van der Waals surface area (Å²) in [6.45, 7) is 0. The van der Waals surface area contributed by atoms with Gasteiger partial charge in [0.15, 0.2) is 0 Å². The summed E-state index contributed by atoms with van der Waals surface area (Å²) in [5.74, 6) is 0.868. The molecule has 1 aromatic heterocycles. The number of para-hydroxylation sites is 1. The van der Waals surface area contributed by atoms with Gasteiger partial charge < -0.3 is 9.32 Å². The molecule has 60 heavy (non-hydrogen) atoms. The SMILES string of the molecule is c1ccc(-c2cccc(-c3ccc(N(c4ccc(-c5ccc6ccccc6c5)cc4)c4ccc(-c5cccc(-c6cc7ccccc7o6)c5)c5ccccc45)cc3)c2)cc1. The summed E-state index contributed by atoms with van der Waals surface area (Å²) in [5, 5.41) is 5.94. The Kier molecular flexibility index (Phi) is 8.87. The van der Waals surface area contributed by atoms with Crippen LogP contribution >= 0.6 is 0 Å². The van der Waals surface area contributed by atoms with Gasteiger partial charge in [0.25, 0.3) is 0 Å². The fraction of sp³-hybridized carbons (Fsp3) is 0. The van der Waals surface area contributed by atoms with Gasteiger partial charge >= 0.3 is 0 Å². The van der Waals surface area contributed by atoms with E-state index in [9.17, 15) is 0 Å². The van der Waals surface area contributed by atoms with Crippen molar-refractivity contribution >= 4 is 49.6 Å². The number of nitrogens with zero attached hydrogens (tertiary/aromatic N) is 1. The van der Waals surface area contributed by atoms with Crippen molar-refractivity contribution in [3.05, 3.63) is 237 Å². The lowest BCUT2D eigenvalue weighted by molar-refractivity contribution is 0.631. The number of fused-ring (bicyclic) bond motifs is 3. The fourth-order valence-corrected chi connectivity index (χ4v) is 8.60. The van der Waals surface area contributed by atoms with Crippen LogP contribution in [0.1, 0.15) is 0 Å². The van der Waals surface area contributed by atoms with Crippen molar-refractivity contribution in [1.82, 2.24) is 0 Å². The van der Waals surface area contributed by atoms with E-state index in [-0.39, 0.29) is 0 Å². The Hall–Kier alpha value is -7.94. The van der Waals surface area contributed by atoms with Crippen molar-refractivity contribution in [2.45, 2.75) is 0 Å². The third kappa shape index (κ3) is 6.61. The number of hydrogen-bond donors (Lipinski definition) is 0. The molecule has 0 aliphatic rings. The van der Waals surface area contributed by atoms with Crippen molar-refractivity contribution < 1.29 is 4.42 Å². The molecule has 0 aliphatic heterocycles. The first kappa shape index (κ1) is 35.2. The number of anilines is 3. The number of benzene rings is 10. The van der Waals surface area contributed by atoms with E-state index >= 15 is 0 Å². The molecule has 2 nitrogen and oxygen atoms in total. The van der Waals surface area contributed by atoms with E-state index in [1.54, 1.807) is 0 Å². The van der Waals surface area contributed by atoms with Crippen LogP contribution in [0.15, 0.2) is 241 Å². The van der Waals surface area contributed by atoms with Crippen LogP contribution < -0.4 is 4.90 Å². The molecule has 1 heterocycles. The van der Waals surface area contributed by atoms with Crippen molar-refractivity contribution in [3.8, 4) is 55.8 Å². The van der Waals surface area contributed by atoms with Crippen molar-refractivity contribution in [2.75, 3.05) is 4.90 Å². The van der Waals surface area contributed by atoms with Crippen LogP contribution in [0.5, 0.6) is 0 Å². The predicted octanol–water partition coefficient (Wildman–Crippen LogP) is 16.5. The van der Waals surface area contributed by atoms with E-state index in [0.717, 1.165) is 44.9 Å². The van der Waals surface area contributed by atoms with Gasteiger partial charge in [0.2, 0.25) is 0 Å². The monoisotopic (exact) mass is 765 g/mol. The molecule has 0 saturated heterocycles. The van der Waals surface area contributed by atoms with Gasteiger partial charge in [-0.25, -0.2) is 0 Å². The van der Waals surface area contributed by atoms with E-state index in [1.165, 1.54) is 60.5 Å². The molecule has 0 radical (unpaired) electrons. The lowest BCUT2D eigenvalue weighted by Crippen LogP contribution is -2.10. The molecule has 11 aromatic rings. The first-order chi connectivity index (χ1) is 29.7. The van der Waals surface area contributed by atoms with Gasteiger partial charge in [-0.2, -0.15) is 0 Å². The lowest BCUT2D eigenvalue weighted by Gasteiger charge is -2.28. The smallest absolute Gasteiger partial charge is 0.135 e. The minimum Gasteiger partial charge on any atom is -0.456 e. The van der Waals surface area contributed by atoms with Crippen LogP contribution in [0.25, 0.3) is 88.3 Å². The second-order valence-corrected chi connectivity index (χ2v) is 15.3. The van der Waals surface area contributed by atoms with Gasteiger partial charge in [0.05, 0.1) is 5.69 Å². The molecular weight excluding hydrogens is 727 g/mol. The minimum absolute atomic E-state index is 0.868. The minimum atomic E-state index is 0.868. The molecule has 2 heteroatoms. The summed E-state index contributed by atoms with van der Waals surface area (Å²) in [6.07, 6.45) is 0. The highest BCUT2D eigenvalue weighted by molar-refractivity contribution is 6.06. The molecule has 0 amide bonds. The Labute approximate surface area is 349 Å². The quantitative estimate of drug-likeness (QED) is 0.153. The van der Waals surface area contributed by atoms with Gasteiger partial charge in [0.1, 0.15) is 11.3 Å². The van der Waals surface area contributed by atoms with E-state index in [2.05, 4.69) is 223 Å². The van der Waals surface area contributed by atoms with Gasteiger partial charge in [-0.1, -0.05) is 176 Å². The van der Waals surface area contributed by atoms with E-state index in [4.69, 9.17) is 4.42 Å². The fourth-order valence-electron chi connectivity index (χ4n) is 8.60. The number of rotatable bonds is 8. The summed E-state index contributed by atoms with van der Waals surface area (Å²) in [6, 6.07) is 85.0. The standard InChI is InChI=1S/C58H39NO/c1-2-12-40(13-3-1)45-17-10-18-46(36-45)42-26-30-51(31-27-42)59(52-32-28-43(29-33-52)47-25-24-41-14-4-5-15-44(41)37-47)56-35-34-53(54-21-7-8-22-55(54)56)48-19-11-20-49(38-48)58-39-50-16-6-9-23-57(50)60-58/h1-39H. The summed E-state index contributed by atoms with van der Waals surface area (Å²) >= 11 is 0. The third-order valence-corrected chi connectivity index (χ3v) is 11.7. The highest BCUT2D eigenvalue weighted by Crippen LogP contribution is 2.44. The van der Waals surface area contributed by atoms with Crippen LogP contribution in [-0.4, -0.2) is 0 Å². The Morgan fingerprint density at radius 3 is 1.52 bits per heavy atom. The molecule has 0 aliphatic carbocycles. The Bertz CT molecular complexity index is 3270. The molecular formula is C58H39NO. The molecule has 0 atom stereocenters. The van der Waals surface area contributed by atoms with Crippen LogP contribution in [0.3, 0.4) is 0 Å². The van der Waals surface area contributed by atoms with Crippen molar-refractivity contribution in [1.29, 1.82) is 0 Å². The van der Waals surface area contributed by atoms with Crippen molar-refractivity contribution in [2.24, 2.45) is 0 Å². The molecule has 282 valence electrons. The summed E-state index contributed by atoms with van der Waals surface area (Å²) in [4.78, 5) is 2.39. The van der Waals surface area contributed by atoms with Gasteiger partial charge in [-0.3, -0.25) is 0 Å². The van der Waals surface area contributed by atoms with Crippen LogP contribution in [-0.2, 0) is 0 Å². The largest absolute Gasteiger partial charge is 0.456 e. The first-order valence-electron chi connectivity index (χ1n) is 20.5. The van der Waals surface area contributed by atoms with Gasteiger partial charge in [-0.05, 0) is 121 Å². The zero-order chi connectivity index (χ0) is 39.8. The number of hydrogen-bond acceptors (Lipinski definition) is 2. The molecule has 0 spiro atoms. The molecule has 0 unspecified atom stereocenters. The molecule has 10 aromatic carbocycles. The van der Waals surface area contributed by atoms with E-state index in [1.807, 2.05) is 18.2 Å². The zero-order valence-electron chi connectivity index (χ0n) is 32.9. The first-order valence-corrected chi connectivity index (χ1v) is 20.5. The average molecular weight is 766 g/mol. The maximum absolute atomic E-state index is 6.29. The summed E-state index contributed by atoms with van der Waals surface area (Å²) < 4.78 is 6.29. The Morgan fingerprint density at radius 2 is 0.800 bits per heavy atom. The van der Waals surface area contributed by atoms with Gasteiger partial charge in [0, 0.05) is 27.7 Å². The van der Waals surface area contributed by atoms with Crippen LogP contribution in [0.2, 0.25) is 0 Å². The summed E-state index contributed by atoms with van der Waals surface area (Å²) in [7, 11) is 0. The second-order valence-electron chi connectivity index (χ2n) is 15.3. The van der Waals surface area contributed by atoms with E-state index in [0.29, 0.717) is 0 Å².